The van der Waals surface area contributed by atoms with Crippen molar-refractivity contribution in [2.45, 2.75) is 148 Å². The van der Waals surface area contributed by atoms with Crippen molar-refractivity contribution in [2.24, 2.45) is 62.6 Å². The van der Waals surface area contributed by atoms with Crippen LogP contribution in [0.2, 0.25) is 0 Å². The maximum absolute atomic E-state index is 15.0. The number of Topliss-reactive ketones (excluding diaryl/α,β-unsaturated/α-hetero) is 1. The number of fused-ring (bicyclic) bond motifs is 3. The maximum atomic E-state index is 15.0. The summed E-state index contributed by atoms with van der Waals surface area (Å²) in [5.41, 5.74) is 0.564. The van der Waals surface area contributed by atoms with Crippen molar-refractivity contribution in [1.82, 2.24) is 4.90 Å². The Morgan fingerprint density at radius 1 is 0.891 bits per heavy atom. The third-order valence-electron chi connectivity index (χ3n) is 18.8. The van der Waals surface area contributed by atoms with Crippen molar-refractivity contribution in [3.63, 3.8) is 0 Å². The lowest BCUT2D eigenvalue weighted by molar-refractivity contribution is -0.182. The number of benzene rings is 1. The number of nitrogens with zero attached hydrogens (tertiary/aromatic N) is 1. The number of rotatable bonds is 12. The first-order chi connectivity index (χ1) is 26.2. The Kier molecular flexibility index (Phi) is 9.77. The third kappa shape index (κ3) is 5.90. The zero-order chi connectivity index (χ0) is 38.4. The van der Waals surface area contributed by atoms with Gasteiger partial charge in [0.1, 0.15) is 0 Å². The SMILES string of the molecule is CC1(C)C2CCC(CN(CC(O)COCc3ccccc3)CC3(O)CCC4C56C=CC7(C=C5C(=O)C5CCCCC5)CC(O)CCC7(C)C6CCC43C)C1C2. The molecule has 7 saturated carbocycles. The first-order valence-electron chi connectivity index (χ1n) is 22.7. The summed E-state index contributed by atoms with van der Waals surface area (Å²) >= 11 is 0. The summed E-state index contributed by atoms with van der Waals surface area (Å²) in [5.74, 6) is 3.08. The second-order valence-corrected chi connectivity index (χ2v) is 21.6. The Morgan fingerprint density at radius 3 is 2.36 bits per heavy atom. The molecule has 10 aliphatic carbocycles. The van der Waals surface area contributed by atoms with Crippen LogP contribution in [0.4, 0.5) is 0 Å². The molecule has 0 heterocycles. The van der Waals surface area contributed by atoms with Gasteiger partial charge < -0.3 is 20.1 Å². The summed E-state index contributed by atoms with van der Waals surface area (Å²) in [7, 11) is 0. The number of aliphatic hydroxyl groups is 3. The van der Waals surface area contributed by atoms with E-state index in [0.29, 0.717) is 55.1 Å². The standard InChI is InChI=1S/C49H71NO5/c1-44(2)36-16-15-35(39(44)25-36)28-50(29-38(52)31-55-30-33-11-7-5-8-12-33)32-48(54)22-19-42-46(48,4)21-18-41-45(3)20-17-37(51)26-47(45)23-24-49(41,42)40(27-47)43(53)34-13-9-6-10-14-34/h5,7-8,11-12,23-24,27,34-39,41-42,51-52,54H,6,9-10,13-22,25-26,28-32H2,1-4H3. The maximum Gasteiger partial charge on any atom is 0.162 e. The molecule has 12 atom stereocenters. The van der Waals surface area contributed by atoms with E-state index in [1.54, 1.807) is 0 Å². The minimum atomic E-state index is -0.934. The van der Waals surface area contributed by atoms with Crippen LogP contribution in [0.5, 0.6) is 0 Å². The predicted molar refractivity (Wildman–Crippen MR) is 217 cm³/mol. The van der Waals surface area contributed by atoms with Crippen LogP contribution >= 0.6 is 0 Å². The number of carbonyl (C=O) groups excluding carboxylic acids is 1. The van der Waals surface area contributed by atoms with Gasteiger partial charge in [0, 0.05) is 47.4 Å². The Labute approximate surface area is 331 Å². The molecule has 1 aromatic rings. The van der Waals surface area contributed by atoms with E-state index in [-0.39, 0.29) is 46.2 Å². The van der Waals surface area contributed by atoms with Crippen molar-refractivity contribution in [3.05, 3.63) is 59.7 Å². The number of ketones is 1. The molecule has 0 aliphatic heterocycles. The number of carbonyl (C=O) groups is 1. The van der Waals surface area contributed by atoms with Gasteiger partial charge in [0.2, 0.25) is 0 Å². The molecule has 1 aromatic carbocycles. The van der Waals surface area contributed by atoms with E-state index in [1.807, 2.05) is 18.2 Å². The zero-order valence-electron chi connectivity index (χ0n) is 34.5. The molecule has 11 rings (SSSR count). The lowest BCUT2D eigenvalue weighted by Gasteiger charge is -2.71. The molecule has 0 saturated heterocycles. The molecule has 55 heavy (non-hydrogen) atoms. The largest absolute Gasteiger partial charge is 0.393 e. The topological polar surface area (TPSA) is 90.2 Å². The first kappa shape index (κ1) is 38.7. The van der Waals surface area contributed by atoms with E-state index in [2.05, 4.69) is 63.0 Å². The van der Waals surface area contributed by atoms with Gasteiger partial charge in [-0.3, -0.25) is 9.69 Å². The Balaban J connectivity index is 1.02. The summed E-state index contributed by atoms with van der Waals surface area (Å²) in [6.07, 6.45) is 21.8. The van der Waals surface area contributed by atoms with Gasteiger partial charge in [0.25, 0.3) is 0 Å². The van der Waals surface area contributed by atoms with Gasteiger partial charge in [0.15, 0.2) is 5.78 Å². The molecule has 2 spiro atoms. The van der Waals surface area contributed by atoms with E-state index in [4.69, 9.17) is 4.74 Å². The van der Waals surface area contributed by atoms with Gasteiger partial charge in [-0.05, 0) is 123 Å². The molecular formula is C49H71NO5. The van der Waals surface area contributed by atoms with Crippen molar-refractivity contribution < 1.29 is 24.9 Å². The zero-order valence-corrected chi connectivity index (χ0v) is 34.5. The van der Waals surface area contributed by atoms with E-state index in [1.165, 1.54) is 25.7 Å². The fourth-order valence-electron chi connectivity index (χ4n) is 15.5. The molecule has 7 fully saturated rings. The molecule has 6 heteroatoms. The van der Waals surface area contributed by atoms with Crippen molar-refractivity contribution >= 4 is 5.78 Å². The van der Waals surface area contributed by atoms with Crippen LogP contribution in [0.25, 0.3) is 0 Å². The molecule has 0 aromatic heterocycles. The highest BCUT2D eigenvalue weighted by molar-refractivity contribution is 6.00. The quantitative estimate of drug-likeness (QED) is 0.185. The van der Waals surface area contributed by atoms with Crippen molar-refractivity contribution in [2.75, 3.05) is 26.2 Å². The highest BCUT2D eigenvalue weighted by Crippen LogP contribution is 2.78. The molecular weight excluding hydrogens is 683 g/mol. The summed E-state index contributed by atoms with van der Waals surface area (Å²) in [6.45, 7) is 12.5. The van der Waals surface area contributed by atoms with Crippen molar-refractivity contribution in [3.8, 4) is 0 Å². The van der Waals surface area contributed by atoms with E-state index < -0.39 is 11.7 Å². The van der Waals surface area contributed by atoms with Crippen molar-refractivity contribution in [1.29, 1.82) is 0 Å². The molecule has 0 radical (unpaired) electrons. The van der Waals surface area contributed by atoms with Gasteiger partial charge in [-0.1, -0.05) is 95.5 Å². The van der Waals surface area contributed by atoms with Crippen LogP contribution in [-0.2, 0) is 16.1 Å². The molecule has 10 aliphatic rings. The van der Waals surface area contributed by atoms with Crippen LogP contribution in [-0.4, -0.2) is 70.1 Å². The average Bonchev–Trinajstić information content (AvgIpc) is 3.44. The number of hydrogen-bond donors (Lipinski definition) is 3. The number of aliphatic hydroxyl groups excluding tert-OH is 2. The Bertz CT molecular complexity index is 1660. The van der Waals surface area contributed by atoms with E-state index in [9.17, 15) is 15.3 Å². The first-order valence-corrected chi connectivity index (χ1v) is 22.7. The van der Waals surface area contributed by atoms with Crippen LogP contribution in [0.15, 0.2) is 54.1 Å². The molecule has 0 amide bonds. The number of ether oxygens (including phenoxy) is 1. The molecule has 6 nitrogen and oxygen atoms in total. The van der Waals surface area contributed by atoms with Crippen LogP contribution in [0.3, 0.4) is 0 Å². The Morgan fingerprint density at radius 2 is 1.62 bits per heavy atom. The Hall–Kier alpha value is -1.83. The van der Waals surface area contributed by atoms with E-state index >= 15 is 4.79 Å². The van der Waals surface area contributed by atoms with Gasteiger partial charge in [-0.2, -0.15) is 0 Å². The number of hydrogen-bond acceptors (Lipinski definition) is 6. The smallest absolute Gasteiger partial charge is 0.162 e. The van der Waals surface area contributed by atoms with E-state index in [0.717, 1.165) is 87.8 Å². The van der Waals surface area contributed by atoms with Crippen LogP contribution < -0.4 is 0 Å². The normalized spacial score (nSPS) is 44.6. The lowest BCUT2D eigenvalue weighted by atomic mass is 9.32. The summed E-state index contributed by atoms with van der Waals surface area (Å²) < 4.78 is 6.07. The third-order valence-corrected chi connectivity index (χ3v) is 18.8. The van der Waals surface area contributed by atoms with Crippen LogP contribution in [0.1, 0.15) is 130 Å². The highest BCUT2D eigenvalue weighted by atomic mass is 16.5. The van der Waals surface area contributed by atoms with Gasteiger partial charge in [-0.15, -0.1) is 0 Å². The minimum Gasteiger partial charge on any atom is -0.393 e. The fraction of sp³-hybridized carbons (Fsp3) is 0.776. The fourth-order valence-corrected chi connectivity index (χ4v) is 15.5. The summed E-state index contributed by atoms with van der Waals surface area (Å²) in [4.78, 5) is 17.5. The summed E-state index contributed by atoms with van der Waals surface area (Å²) in [5, 5.41) is 36.0. The van der Waals surface area contributed by atoms with Gasteiger partial charge in [0.05, 0.1) is 31.0 Å². The lowest BCUT2D eigenvalue weighted by Crippen LogP contribution is -2.67. The highest BCUT2D eigenvalue weighted by Gasteiger charge is 2.74. The van der Waals surface area contributed by atoms with Gasteiger partial charge in [-0.25, -0.2) is 0 Å². The van der Waals surface area contributed by atoms with Gasteiger partial charge >= 0.3 is 0 Å². The second-order valence-electron chi connectivity index (χ2n) is 21.6. The number of allylic oxidation sites excluding steroid dienone is 4. The molecule has 4 bridgehead atoms. The monoisotopic (exact) mass is 754 g/mol. The minimum absolute atomic E-state index is 0.0102. The van der Waals surface area contributed by atoms with Crippen LogP contribution in [0, 0.1) is 62.6 Å². The summed E-state index contributed by atoms with van der Waals surface area (Å²) in [6, 6.07) is 10.2. The molecule has 12 unspecified atom stereocenters. The molecule has 302 valence electrons. The predicted octanol–water partition coefficient (Wildman–Crippen LogP) is 8.68. The average molecular weight is 754 g/mol. The second kappa shape index (κ2) is 13.9. The molecule has 3 N–H and O–H groups in total.